The molecule has 2 heteroatoms. The van der Waals surface area contributed by atoms with Crippen molar-refractivity contribution in [2.75, 3.05) is 11.4 Å². The fraction of sp³-hybridized carbons (Fsp3) is 0.0980. The Morgan fingerprint density at radius 1 is 0.717 bits per heavy atom. The van der Waals surface area contributed by atoms with Crippen LogP contribution in [0, 0.1) is 0 Å². The Hall–Kier alpha value is -6.38. The average molecular weight is 687 g/mol. The Morgan fingerprint density at radius 3 is 2.13 bits per heavy atom. The van der Waals surface area contributed by atoms with Crippen molar-refractivity contribution in [3.05, 3.63) is 234 Å². The highest BCUT2D eigenvalue weighted by atomic mass is 15.3. The van der Waals surface area contributed by atoms with Gasteiger partial charge in [-0.1, -0.05) is 170 Å². The number of benzene rings is 6. The number of anilines is 1. The summed E-state index contributed by atoms with van der Waals surface area (Å²) in [7, 11) is 0. The first-order valence-electron chi connectivity index (χ1n) is 18.5. The third-order valence-corrected chi connectivity index (χ3v) is 9.95. The smallest absolute Gasteiger partial charge is 0.111 e. The van der Waals surface area contributed by atoms with Gasteiger partial charge in [-0.25, -0.2) is 0 Å². The van der Waals surface area contributed by atoms with Crippen LogP contribution in [-0.2, 0) is 12.8 Å². The van der Waals surface area contributed by atoms with Crippen molar-refractivity contribution in [2.24, 2.45) is 0 Å². The van der Waals surface area contributed by atoms with Gasteiger partial charge in [0.25, 0.3) is 0 Å². The fourth-order valence-electron chi connectivity index (χ4n) is 7.10. The van der Waals surface area contributed by atoms with Gasteiger partial charge in [0.1, 0.15) is 5.82 Å². The van der Waals surface area contributed by atoms with Crippen molar-refractivity contribution in [3.8, 4) is 0 Å². The molecule has 2 nitrogen and oxygen atoms in total. The van der Waals surface area contributed by atoms with Crippen LogP contribution >= 0.6 is 0 Å². The molecule has 0 amide bonds. The van der Waals surface area contributed by atoms with Crippen LogP contribution in [0.15, 0.2) is 211 Å². The second-order valence-electron chi connectivity index (χ2n) is 13.4. The molecule has 1 aliphatic heterocycles. The minimum absolute atomic E-state index is 0.720. The van der Waals surface area contributed by atoms with E-state index in [1.54, 1.807) is 0 Å². The second kappa shape index (κ2) is 16.8. The van der Waals surface area contributed by atoms with E-state index in [1.165, 1.54) is 60.5 Å². The monoisotopic (exact) mass is 686 g/mol. The zero-order valence-electron chi connectivity index (χ0n) is 30.7. The Bertz CT molecular complexity index is 2420. The molecule has 0 spiro atoms. The van der Waals surface area contributed by atoms with Gasteiger partial charge in [-0.15, -0.1) is 0 Å². The van der Waals surface area contributed by atoms with E-state index in [1.807, 2.05) is 6.08 Å². The molecule has 53 heavy (non-hydrogen) atoms. The first kappa shape index (κ1) is 35.0. The molecule has 0 fully saturated rings. The molecule has 7 rings (SSSR count). The Kier molecular flexibility index (Phi) is 11.1. The van der Waals surface area contributed by atoms with Gasteiger partial charge in [0.15, 0.2) is 0 Å². The minimum Gasteiger partial charge on any atom is -0.367 e. The van der Waals surface area contributed by atoms with Crippen molar-refractivity contribution >= 4 is 38.9 Å². The first-order chi connectivity index (χ1) is 26.1. The summed E-state index contributed by atoms with van der Waals surface area (Å²) in [6.45, 7) is 9.04. The number of allylic oxidation sites excluding steroid dienone is 8. The zero-order chi connectivity index (χ0) is 36.4. The average Bonchev–Trinajstić information content (AvgIpc) is 3.22. The summed E-state index contributed by atoms with van der Waals surface area (Å²) in [4.78, 5) is 2.40. The lowest BCUT2D eigenvalue weighted by Gasteiger charge is -2.33. The van der Waals surface area contributed by atoms with E-state index in [0.717, 1.165) is 36.6 Å². The van der Waals surface area contributed by atoms with E-state index < -0.39 is 0 Å². The molecule has 0 saturated heterocycles. The molecule has 0 aliphatic carbocycles. The maximum Gasteiger partial charge on any atom is 0.111 e. The van der Waals surface area contributed by atoms with Crippen molar-refractivity contribution < 1.29 is 0 Å². The van der Waals surface area contributed by atoms with Crippen LogP contribution in [0.4, 0.5) is 5.69 Å². The Morgan fingerprint density at radius 2 is 1.40 bits per heavy atom. The summed E-state index contributed by atoms with van der Waals surface area (Å²) in [6, 6.07) is 49.7. The zero-order valence-corrected chi connectivity index (χ0v) is 30.7. The number of fused-ring (bicyclic) bond motifs is 3. The van der Waals surface area contributed by atoms with E-state index in [-0.39, 0.29) is 0 Å². The normalized spacial score (nSPS) is 13.9. The van der Waals surface area contributed by atoms with E-state index in [2.05, 4.69) is 213 Å². The maximum atomic E-state index is 4.01. The van der Waals surface area contributed by atoms with E-state index in [0.29, 0.717) is 0 Å². The standard InChI is InChI=1S/C51H46N2/c1-4-18-46(35-43(41-22-10-7-11-23-41)32-30-39-19-8-6-9-20-39)53(50-36-44-25-14-15-26-47(44)48-27-16-17-28-49(48)50)51-34-33-45(37-52-51)38(3)29-31-42-24-13-12-21-40(42)5-2/h4-29,32-36,52H,2,30-31,37H2,1,3H3/b18-4-,38-29+,43-32-,46-35+. The lowest BCUT2D eigenvalue weighted by molar-refractivity contribution is 0.816. The van der Waals surface area contributed by atoms with E-state index >= 15 is 0 Å². The summed E-state index contributed by atoms with van der Waals surface area (Å²) in [5.74, 6) is 1.03. The van der Waals surface area contributed by atoms with Crippen molar-refractivity contribution in [2.45, 2.75) is 26.7 Å². The van der Waals surface area contributed by atoms with Crippen molar-refractivity contribution in [1.82, 2.24) is 5.32 Å². The van der Waals surface area contributed by atoms with Crippen LogP contribution in [-0.4, -0.2) is 6.54 Å². The molecule has 6 aromatic rings. The van der Waals surface area contributed by atoms with Crippen LogP contribution in [0.1, 0.15) is 36.1 Å². The summed E-state index contributed by atoms with van der Waals surface area (Å²) in [6.07, 6.45) is 19.6. The molecule has 1 aliphatic rings. The van der Waals surface area contributed by atoms with Gasteiger partial charge < -0.3 is 5.32 Å². The van der Waals surface area contributed by atoms with Crippen LogP contribution < -0.4 is 10.2 Å². The van der Waals surface area contributed by atoms with Gasteiger partial charge in [0.2, 0.25) is 0 Å². The van der Waals surface area contributed by atoms with E-state index in [4.69, 9.17) is 0 Å². The lowest BCUT2D eigenvalue weighted by Crippen LogP contribution is -2.34. The summed E-state index contributed by atoms with van der Waals surface area (Å²) in [5, 5.41) is 8.76. The topological polar surface area (TPSA) is 15.3 Å². The van der Waals surface area contributed by atoms with Crippen LogP contribution in [0.5, 0.6) is 0 Å². The SMILES string of the molecule is C=Cc1ccccc1C/C=C(\C)C1=CC=C(N(C(/C=C\C)=C/C(=C/Cc2ccccc2)c2ccccc2)c2cc3ccccc3c3ccccc23)NC1. The quantitative estimate of drug-likeness (QED) is 0.102. The maximum absolute atomic E-state index is 4.01. The number of hydrogen-bond donors (Lipinski definition) is 1. The van der Waals surface area contributed by atoms with Gasteiger partial charge >= 0.3 is 0 Å². The number of rotatable bonds is 12. The van der Waals surface area contributed by atoms with Gasteiger partial charge in [0.05, 0.1) is 5.69 Å². The molecular formula is C51H46N2. The van der Waals surface area contributed by atoms with E-state index in [9.17, 15) is 0 Å². The molecule has 260 valence electrons. The number of nitrogens with one attached hydrogen (secondary N) is 1. The molecule has 0 aromatic heterocycles. The minimum atomic E-state index is 0.720. The highest BCUT2D eigenvalue weighted by Crippen LogP contribution is 2.38. The molecule has 0 atom stereocenters. The predicted molar refractivity (Wildman–Crippen MR) is 230 cm³/mol. The third-order valence-electron chi connectivity index (χ3n) is 9.95. The largest absolute Gasteiger partial charge is 0.367 e. The van der Waals surface area contributed by atoms with Crippen molar-refractivity contribution in [1.29, 1.82) is 0 Å². The first-order valence-corrected chi connectivity index (χ1v) is 18.5. The molecule has 0 unspecified atom stereocenters. The highest BCUT2D eigenvalue weighted by molar-refractivity contribution is 6.13. The Labute approximate surface area is 314 Å². The van der Waals surface area contributed by atoms with Crippen LogP contribution in [0.2, 0.25) is 0 Å². The van der Waals surface area contributed by atoms with Gasteiger partial charge in [-0.05, 0) is 106 Å². The molecule has 1 N–H and O–H groups in total. The molecule has 6 aromatic carbocycles. The molecule has 0 bridgehead atoms. The lowest BCUT2D eigenvalue weighted by atomic mass is 9.97. The summed E-state index contributed by atoms with van der Waals surface area (Å²) < 4.78 is 0. The molecular weight excluding hydrogens is 641 g/mol. The third kappa shape index (κ3) is 8.08. The molecule has 1 heterocycles. The number of nitrogens with zero attached hydrogens (tertiary/aromatic N) is 1. The molecule has 0 saturated carbocycles. The Balaban J connectivity index is 1.37. The summed E-state index contributed by atoms with van der Waals surface area (Å²) >= 11 is 0. The summed E-state index contributed by atoms with van der Waals surface area (Å²) in [5.41, 5.74) is 10.8. The number of dihydropyridines is 1. The number of hydrogen-bond acceptors (Lipinski definition) is 2. The van der Waals surface area contributed by atoms with Gasteiger partial charge in [0, 0.05) is 17.6 Å². The molecule has 0 radical (unpaired) electrons. The second-order valence-corrected chi connectivity index (χ2v) is 13.4. The highest BCUT2D eigenvalue weighted by Gasteiger charge is 2.22. The predicted octanol–water partition coefficient (Wildman–Crippen LogP) is 12.8. The van der Waals surface area contributed by atoms with Crippen LogP contribution in [0.3, 0.4) is 0 Å². The van der Waals surface area contributed by atoms with Crippen LogP contribution in [0.25, 0.3) is 33.2 Å². The van der Waals surface area contributed by atoms with Crippen molar-refractivity contribution in [3.63, 3.8) is 0 Å². The fourth-order valence-corrected chi connectivity index (χ4v) is 7.10. The van der Waals surface area contributed by atoms with Gasteiger partial charge in [-0.2, -0.15) is 0 Å². The van der Waals surface area contributed by atoms with Gasteiger partial charge in [-0.3, -0.25) is 4.90 Å².